The molecule has 0 bridgehead atoms. The quantitative estimate of drug-likeness (QED) is 0.678. The van der Waals surface area contributed by atoms with E-state index in [1.54, 1.807) is 31.2 Å². The molecule has 0 saturated carbocycles. The minimum atomic E-state index is -0.748. The van der Waals surface area contributed by atoms with Crippen LogP contribution in [0.2, 0.25) is 0 Å². The van der Waals surface area contributed by atoms with Crippen LogP contribution in [0.5, 0.6) is 10.8 Å². The summed E-state index contributed by atoms with van der Waals surface area (Å²) in [7, 11) is 0. The highest BCUT2D eigenvalue weighted by Gasteiger charge is 2.22. The van der Waals surface area contributed by atoms with Crippen molar-refractivity contribution < 1.29 is 14.8 Å². The second kappa shape index (κ2) is 5.16. The van der Waals surface area contributed by atoms with Crippen LogP contribution < -0.4 is 4.74 Å². The molecule has 1 aromatic carbocycles. The van der Waals surface area contributed by atoms with Gasteiger partial charge in [0.25, 0.3) is 5.06 Å². The van der Waals surface area contributed by atoms with Crippen molar-refractivity contribution in [3.63, 3.8) is 0 Å². The Morgan fingerprint density at radius 2 is 2.06 bits per heavy atom. The molecule has 0 radical (unpaired) electrons. The highest BCUT2D eigenvalue weighted by Crippen LogP contribution is 2.41. The summed E-state index contributed by atoms with van der Waals surface area (Å²) in [6.45, 7) is 1.56. The van der Waals surface area contributed by atoms with Crippen molar-refractivity contribution in [2.24, 2.45) is 0 Å². The van der Waals surface area contributed by atoms with Gasteiger partial charge in [-0.2, -0.15) is 0 Å². The van der Waals surface area contributed by atoms with Crippen molar-refractivity contribution in [2.45, 2.75) is 13.0 Å². The fourth-order valence-corrected chi connectivity index (χ4v) is 2.32. The van der Waals surface area contributed by atoms with Gasteiger partial charge in [0.2, 0.25) is 0 Å². The van der Waals surface area contributed by atoms with E-state index in [-0.39, 0.29) is 10.8 Å². The van der Waals surface area contributed by atoms with Crippen LogP contribution in [0.1, 0.15) is 17.9 Å². The lowest BCUT2D eigenvalue weighted by Gasteiger charge is -2.01. The van der Waals surface area contributed by atoms with Crippen molar-refractivity contribution in [1.29, 1.82) is 0 Å². The zero-order chi connectivity index (χ0) is 13.1. The highest BCUT2D eigenvalue weighted by atomic mass is 32.1. The lowest BCUT2D eigenvalue weighted by atomic mass is 10.3. The maximum Gasteiger partial charge on any atom is 0.323 e. The van der Waals surface area contributed by atoms with E-state index >= 15 is 0 Å². The molecule has 0 spiro atoms. The van der Waals surface area contributed by atoms with E-state index in [2.05, 4.69) is 0 Å². The van der Waals surface area contributed by atoms with E-state index in [1.807, 2.05) is 6.07 Å². The van der Waals surface area contributed by atoms with Crippen molar-refractivity contribution in [2.75, 3.05) is 0 Å². The number of hydrogen-bond donors (Lipinski definition) is 1. The molecular weight excluding hydrogens is 254 g/mol. The largest absolute Gasteiger partial charge is 0.440 e. The first-order valence-corrected chi connectivity index (χ1v) is 6.08. The molecule has 0 aliphatic rings. The Morgan fingerprint density at radius 3 is 2.61 bits per heavy atom. The molecule has 0 unspecified atom stereocenters. The van der Waals surface area contributed by atoms with Gasteiger partial charge in [-0.25, -0.2) is 0 Å². The summed E-state index contributed by atoms with van der Waals surface area (Å²) < 4.78 is 5.47. The van der Waals surface area contributed by atoms with Crippen LogP contribution in [-0.2, 0) is 0 Å². The molecule has 0 saturated heterocycles. The number of rotatable bonds is 4. The number of hydrogen-bond acceptors (Lipinski definition) is 5. The first-order chi connectivity index (χ1) is 8.58. The number of ether oxygens (including phenoxy) is 1. The maximum absolute atomic E-state index is 10.9. The van der Waals surface area contributed by atoms with Crippen LogP contribution in [0.25, 0.3) is 0 Å². The van der Waals surface area contributed by atoms with E-state index in [0.717, 1.165) is 11.3 Å². The third-order valence-electron chi connectivity index (χ3n) is 2.26. The summed E-state index contributed by atoms with van der Waals surface area (Å²) in [5.74, 6) is 0.527. The molecule has 1 atom stereocenters. The third-order valence-corrected chi connectivity index (χ3v) is 3.43. The SMILES string of the molecule is C[C@@H](O)c1cc([N+](=O)[O-])c(Oc2ccccc2)s1. The van der Waals surface area contributed by atoms with Gasteiger partial charge in [-0.1, -0.05) is 29.5 Å². The number of aliphatic hydroxyl groups excluding tert-OH is 1. The molecule has 0 amide bonds. The normalized spacial score (nSPS) is 12.1. The molecule has 1 N–H and O–H groups in total. The number of benzene rings is 1. The van der Waals surface area contributed by atoms with Crippen molar-refractivity contribution in [3.05, 3.63) is 51.4 Å². The van der Waals surface area contributed by atoms with Gasteiger partial charge in [0.15, 0.2) is 0 Å². The average molecular weight is 265 g/mol. The molecule has 1 heterocycles. The van der Waals surface area contributed by atoms with Crippen molar-refractivity contribution >= 4 is 17.0 Å². The standard InChI is InChI=1S/C12H11NO4S/c1-8(14)11-7-10(13(15)16)12(18-11)17-9-5-3-2-4-6-9/h2-8,14H,1H3/t8-/m1/s1. The van der Waals surface area contributed by atoms with Crippen LogP contribution in [0.4, 0.5) is 5.69 Å². The van der Waals surface area contributed by atoms with Gasteiger partial charge in [-0.15, -0.1) is 0 Å². The Labute approximate surface area is 107 Å². The van der Waals surface area contributed by atoms with E-state index in [9.17, 15) is 15.2 Å². The Bertz CT molecular complexity index is 550. The van der Waals surface area contributed by atoms with Gasteiger partial charge in [-0.05, 0) is 19.1 Å². The summed E-state index contributed by atoms with van der Waals surface area (Å²) in [6.07, 6.45) is -0.748. The topological polar surface area (TPSA) is 72.6 Å². The van der Waals surface area contributed by atoms with Crippen LogP contribution in [-0.4, -0.2) is 10.0 Å². The van der Waals surface area contributed by atoms with Gasteiger partial charge in [0.05, 0.1) is 11.0 Å². The lowest BCUT2D eigenvalue weighted by Crippen LogP contribution is -1.89. The summed E-state index contributed by atoms with van der Waals surface area (Å²) in [6, 6.07) is 10.2. The molecule has 18 heavy (non-hydrogen) atoms. The maximum atomic E-state index is 10.9. The monoisotopic (exact) mass is 265 g/mol. The Balaban J connectivity index is 2.34. The first-order valence-electron chi connectivity index (χ1n) is 5.27. The average Bonchev–Trinajstić information content (AvgIpc) is 2.74. The molecular formula is C12H11NO4S. The molecule has 0 aliphatic heterocycles. The van der Waals surface area contributed by atoms with Crippen molar-refractivity contribution in [3.8, 4) is 10.8 Å². The second-order valence-electron chi connectivity index (χ2n) is 3.67. The molecule has 6 heteroatoms. The molecule has 1 aromatic heterocycles. The number of para-hydroxylation sites is 1. The van der Waals surface area contributed by atoms with Gasteiger partial charge in [-0.3, -0.25) is 10.1 Å². The zero-order valence-corrected chi connectivity index (χ0v) is 10.4. The minimum Gasteiger partial charge on any atom is -0.440 e. The van der Waals surface area contributed by atoms with E-state index in [1.165, 1.54) is 6.07 Å². The first kappa shape index (κ1) is 12.5. The fourth-order valence-electron chi connectivity index (χ4n) is 1.38. The van der Waals surface area contributed by atoms with E-state index in [4.69, 9.17) is 4.74 Å². The molecule has 94 valence electrons. The molecule has 5 nitrogen and oxygen atoms in total. The number of nitrogens with zero attached hydrogens (tertiary/aromatic N) is 1. The zero-order valence-electron chi connectivity index (χ0n) is 9.57. The molecule has 0 aliphatic carbocycles. The van der Waals surface area contributed by atoms with Gasteiger partial charge in [0, 0.05) is 10.9 Å². The summed E-state index contributed by atoms with van der Waals surface area (Å²) in [5.41, 5.74) is -0.125. The summed E-state index contributed by atoms with van der Waals surface area (Å²) in [5, 5.41) is 20.5. The Kier molecular flexibility index (Phi) is 3.59. The highest BCUT2D eigenvalue weighted by molar-refractivity contribution is 7.14. The summed E-state index contributed by atoms with van der Waals surface area (Å²) >= 11 is 1.08. The number of aliphatic hydroxyl groups is 1. The van der Waals surface area contributed by atoms with Crippen LogP contribution in [0, 0.1) is 10.1 Å². The van der Waals surface area contributed by atoms with Gasteiger partial charge >= 0.3 is 5.69 Å². The van der Waals surface area contributed by atoms with E-state index in [0.29, 0.717) is 10.6 Å². The van der Waals surface area contributed by atoms with E-state index < -0.39 is 11.0 Å². The predicted octanol–water partition coefficient (Wildman–Crippen LogP) is 3.50. The van der Waals surface area contributed by atoms with Gasteiger partial charge < -0.3 is 9.84 Å². The summed E-state index contributed by atoms with van der Waals surface area (Å²) in [4.78, 5) is 10.9. The van der Waals surface area contributed by atoms with Crippen LogP contribution in [0.3, 0.4) is 0 Å². The Morgan fingerprint density at radius 1 is 1.39 bits per heavy atom. The van der Waals surface area contributed by atoms with Gasteiger partial charge in [0.1, 0.15) is 5.75 Å². The molecule has 2 rings (SSSR count). The van der Waals surface area contributed by atoms with Crippen LogP contribution in [0.15, 0.2) is 36.4 Å². The second-order valence-corrected chi connectivity index (χ2v) is 4.72. The Hall–Kier alpha value is -1.92. The minimum absolute atomic E-state index is 0.125. The number of thiophene rings is 1. The fraction of sp³-hybridized carbons (Fsp3) is 0.167. The smallest absolute Gasteiger partial charge is 0.323 e. The molecule has 0 fully saturated rings. The van der Waals surface area contributed by atoms with Crippen LogP contribution >= 0.6 is 11.3 Å². The lowest BCUT2D eigenvalue weighted by molar-refractivity contribution is -0.385. The molecule has 2 aromatic rings. The predicted molar refractivity (Wildman–Crippen MR) is 68.1 cm³/mol. The third kappa shape index (κ3) is 2.66. The van der Waals surface area contributed by atoms with Crippen molar-refractivity contribution in [1.82, 2.24) is 0 Å². The number of nitro groups is 1.